The number of allylic oxidation sites excluding steroid dienone is 3. The fourth-order valence-electron chi connectivity index (χ4n) is 8.83. The Morgan fingerprint density at radius 1 is 1.03 bits per heavy atom. The number of aliphatic hydroxyl groups excluding tert-OH is 1. The molecule has 0 bridgehead atoms. The van der Waals surface area contributed by atoms with Crippen LogP contribution in [0.2, 0.25) is 0 Å². The zero-order valence-electron chi connectivity index (χ0n) is 20.7. The van der Waals surface area contributed by atoms with Gasteiger partial charge in [0.25, 0.3) is 0 Å². The Balaban J connectivity index is 1.52. The van der Waals surface area contributed by atoms with Gasteiger partial charge >= 0.3 is 0 Å². The second kappa shape index (κ2) is 8.42. The van der Waals surface area contributed by atoms with E-state index in [-0.39, 0.29) is 6.10 Å². The molecule has 4 aliphatic carbocycles. The molecule has 0 spiro atoms. The molecule has 1 nitrogen and oxygen atoms in total. The Labute approximate surface area is 186 Å². The van der Waals surface area contributed by atoms with Crippen LogP contribution in [0.1, 0.15) is 99.3 Å². The maximum atomic E-state index is 10.2. The molecule has 3 saturated carbocycles. The van der Waals surface area contributed by atoms with Crippen molar-refractivity contribution in [2.75, 3.05) is 0 Å². The lowest BCUT2D eigenvalue weighted by Gasteiger charge is -2.58. The predicted octanol–water partition coefficient (Wildman–Crippen LogP) is 7.80. The molecule has 0 heterocycles. The van der Waals surface area contributed by atoms with Crippen LogP contribution in [-0.2, 0) is 0 Å². The zero-order chi connectivity index (χ0) is 21.7. The van der Waals surface area contributed by atoms with Gasteiger partial charge in [-0.3, -0.25) is 0 Å². The SMILES string of the molecule is CCC(/C=C/C(C)C1CCC2C3CC=C4CC(O)CCC4(C)[C@H]3CCC12C)C(C)C. The summed E-state index contributed by atoms with van der Waals surface area (Å²) in [5, 5.41) is 10.2. The van der Waals surface area contributed by atoms with E-state index in [0.717, 1.165) is 48.3 Å². The number of rotatable bonds is 5. The summed E-state index contributed by atoms with van der Waals surface area (Å²) in [6, 6.07) is 0. The van der Waals surface area contributed by atoms with Gasteiger partial charge in [-0.05, 0) is 110 Å². The van der Waals surface area contributed by atoms with Gasteiger partial charge in [-0.1, -0.05) is 65.3 Å². The van der Waals surface area contributed by atoms with Crippen LogP contribution >= 0.6 is 0 Å². The number of aliphatic hydroxyl groups is 1. The second-order valence-corrected chi connectivity index (χ2v) is 12.4. The molecule has 0 saturated heterocycles. The van der Waals surface area contributed by atoms with Crippen molar-refractivity contribution in [1.29, 1.82) is 0 Å². The molecule has 8 unspecified atom stereocenters. The number of fused-ring (bicyclic) bond motifs is 5. The van der Waals surface area contributed by atoms with E-state index in [1.54, 1.807) is 5.57 Å². The molecule has 4 rings (SSSR count). The Morgan fingerprint density at radius 3 is 2.50 bits per heavy atom. The Hall–Kier alpha value is -0.560. The fourth-order valence-corrected chi connectivity index (χ4v) is 8.83. The second-order valence-electron chi connectivity index (χ2n) is 12.4. The minimum Gasteiger partial charge on any atom is -0.393 e. The molecule has 0 aromatic heterocycles. The molecular formula is C29H48O. The quantitative estimate of drug-likeness (QED) is 0.457. The topological polar surface area (TPSA) is 20.2 Å². The maximum Gasteiger partial charge on any atom is 0.0577 e. The summed E-state index contributed by atoms with van der Waals surface area (Å²) in [5.74, 6) is 5.70. The molecule has 1 N–H and O–H groups in total. The number of hydrogen-bond acceptors (Lipinski definition) is 1. The summed E-state index contributed by atoms with van der Waals surface area (Å²) in [6.07, 6.45) is 19.1. The van der Waals surface area contributed by atoms with Crippen molar-refractivity contribution in [2.45, 2.75) is 105 Å². The van der Waals surface area contributed by atoms with E-state index < -0.39 is 0 Å². The molecule has 4 aliphatic rings. The third kappa shape index (κ3) is 3.66. The molecule has 0 aromatic carbocycles. The molecule has 0 amide bonds. The lowest BCUT2D eigenvalue weighted by atomic mass is 9.47. The van der Waals surface area contributed by atoms with E-state index in [4.69, 9.17) is 0 Å². The lowest BCUT2D eigenvalue weighted by Crippen LogP contribution is -2.50. The van der Waals surface area contributed by atoms with Gasteiger partial charge in [0.05, 0.1) is 6.10 Å². The highest BCUT2D eigenvalue weighted by Crippen LogP contribution is 2.67. The average Bonchev–Trinajstić information content (AvgIpc) is 3.06. The van der Waals surface area contributed by atoms with Crippen LogP contribution in [0.15, 0.2) is 23.8 Å². The summed E-state index contributed by atoms with van der Waals surface area (Å²) in [7, 11) is 0. The van der Waals surface area contributed by atoms with Crippen LogP contribution in [0.4, 0.5) is 0 Å². The standard InChI is InChI=1S/C29H48O/c1-7-21(19(2)3)9-8-20(4)25-12-13-26-24-11-10-22-18-23(30)14-16-28(22,5)27(24)15-17-29(25,26)6/h8-10,19-21,23-27,30H,7,11-18H2,1-6H3/b9-8+/t20?,21?,23?,24?,25?,26?,27-,28?,29?/m0/s1. The van der Waals surface area contributed by atoms with Gasteiger partial charge in [0.2, 0.25) is 0 Å². The highest BCUT2D eigenvalue weighted by atomic mass is 16.3. The van der Waals surface area contributed by atoms with Gasteiger partial charge < -0.3 is 5.11 Å². The van der Waals surface area contributed by atoms with Crippen LogP contribution in [0.25, 0.3) is 0 Å². The predicted molar refractivity (Wildman–Crippen MR) is 128 cm³/mol. The van der Waals surface area contributed by atoms with Gasteiger partial charge in [0.15, 0.2) is 0 Å². The first-order valence-corrected chi connectivity index (χ1v) is 13.3. The van der Waals surface area contributed by atoms with Crippen molar-refractivity contribution in [1.82, 2.24) is 0 Å². The van der Waals surface area contributed by atoms with Gasteiger partial charge in [-0.2, -0.15) is 0 Å². The third-order valence-electron chi connectivity index (χ3n) is 10.8. The molecule has 0 aromatic rings. The van der Waals surface area contributed by atoms with E-state index >= 15 is 0 Å². The van der Waals surface area contributed by atoms with E-state index in [2.05, 4.69) is 59.8 Å². The minimum absolute atomic E-state index is 0.0870. The van der Waals surface area contributed by atoms with Crippen molar-refractivity contribution < 1.29 is 5.11 Å². The Morgan fingerprint density at radius 2 is 1.80 bits per heavy atom. The first-order chi connectivity index (χ1) is 14.2. The average molecular weight is 413 g/mol. The van der Waals surface area contributed by atoms with Gasteiger partial charge in [-0.25, -0.2) is 0 Å². The van der Waals surface area contributed by atoms with E-state index in [1.807, 2.05) is 0 Å². The molecule has 1 heteroatoms. The van der Waals surface area contributed by atoms with Crippen LogP contribution < -0.4 is 0 Å². The molecular weight excluding hydrogens is 364 g/mol. The highest BCUT2D eigenvalue weighted by molar-refractivity contribution is 5.25. The molecule has 170 valence electrons. The van der Waals surface area contributed by atoms with Crippen molar-refractivity contribution in [2.24, 2.45) is 52.3 Å². The largest absolute Gasteiger partial charge is 0.393 e. The smallest absolute Gasteiger partial charge is 0.0577 e. The summed E-state index contributed by atoms with van der Waals surface area (Å²) >= 11 is 0. The molecule has 0 radical (unpaired) electrons. The Bertz CT molecular complexity index is 674. The van der Waals surface area contributed by atoms with E-state index in [1.165, 1.54) is 44.9 Å². The summed E-state index contributed by atoms with van der Waals surface area (Å²) in [5.41, 5.74) is 2.51. The van der Waals surface area contributed by atoms with Crippen LogP contribution in [0.5, 0.6) is 0 Å². The monoisotopic (exact) mass is 412 g/mol. The summed E-state index contributed by atoms with van der Waals surface area (Å²) < 4.78 is 0. The van der Waals surface area contributed by atoms with Crippen LogP contribution in [0, 0.1) is 52.3 Å². The maximum absolute atomic E-state index is 10.2. The molecule has 9 atom stereocenters. The molecule has 0 aliphatic heterocycles. The highest BCUT2D eigenvalue weighted by Gasteiger charge is 2.58. The van der Waals surface area contributed by atoms with Gasteiger partial charge in [0, 0.05) is 0 Å². The van der Waals surface area contributed by atoms with E-state index in [0.29, 0.717) is 16.7 Å². The van der Waals surface area contributed by atoms with Crippen molar-refractivity contribution in [3.8, 4) is 0 Å². The van der Waals surface area contributed by atoms with Crippen molar-refractivity contribution in [3.63, 3.8) is 0 Å². The lowest BCUT2D eigenvalue weighted by molar-refractivity contribution is -0.0540. The first kappa shape index (κ1) is 22.6. The van der Waals surface area contributed by atoms with Crippen LogP contribution in [0.3, 0.4) is 0 Å². The number of hydrogen-bond donors (Lipinski definition) is 1. The summed E-state index contributed by atoms with van der Waals surface area (Å²) in [4.78, 5) is 0. The van der Waals surface area contributed by atoms with E-state index in [9.17, 15) is 5.11 Å². The zero-order valence-corrected chi connectivity index (χ0v) is 20.7. The summed E-state index contributed by atoms with van der Waals surface area (Å²) in [6.45, 7) is 14.8. The first-order valence-electron chi connectivity index (χ1n) is 13.3. The van der Waals surface area contributed by atoms with Crippen molar-refractivity contribution >= 4 is 0 Å². The van der Waals surface area contributed by atoms with Gasteiger partial charge in [-0.15, -0.1) is 0 Å². The molecule has 30 heavy (non-hydrogen) atoms. The van der Waals surface area contributed by atoms with Crippen LogP contribution in [-0.4, -0.2) is 11.2 Å². The Kier molecular flexibility index (Phi) is 6.35. The fraction of sp³-hybridized carbons (Fsp3) is 0.862. The van der Waals surface area contributed by atoms with Crippen molar-refractivity contribution in [3.05, 3.63) is 23.8 Å². The van der Waals surface area contributed by atoms with Gasteiger partial charge in [0.1, 0.15) is 0 Å². The molecule has 3 fully saturated rings. The minimum atomic E-state index is -0.0870. The third-order valence-corrected chi connectivity index (χ3v) is 10.8. The normalized spacial score (nSPS) is 45.6.